The first-order valence-corrected chi connectivity index (χ1v) is 55.6. The molecule has 33 nitrogen and oxygen atoms in total. The zero-order chi connectivity index (χ0) is 105. The number of ether oxygens (including phenoxy) is 3. The van der Waals surface area contributed by atoms with Gasteiger partial charge in [-0.3, -0.25) is 9.97 Å². The van der Waals surface area contributed by atoms with Gasteiger partial charge in [-0.15, -0.1) is 0 Å². The van der Waals surface area contributed by atoms with Gasteiger partial charge in [0, 0.05) is 196 Å². The van der Waals surface area contributed by atoms with E-state index in [1.807, 2.05) is 103 Å². The molecule has 43 heteroatoms. The van der Waals surface area contributed by atoms with Gasteiger partial charge >= 0.3 is 0 Å². The van der Waals surface area contributed by atoms with Crippen LogP contribution in [0, 0.1) is 11.6 Å². The first-order valence-electron chi connectivity index (χ1n) is 48.2. The summed E-state index contributed by atoms with van der Waals surface area (Å²) in [7, 11) is 4.05. The molecule has 150 heavy (non-hydrogen) atoms. The van der Waals surface area contributed by atoms with Gasteiger partial charge < -0.3 is 43.9 Å². The van der Waals surface area contributed by atoms with E-state index < -0.39 is 36.4 Å². The second-order valence-electron chi connectivity index (χ2n) is 37.2. The van der Waals surface area contributed by atoms with Gasteiger partial charge in [-0.05, 0) is 204 Å². The summed E-state index contributed by atoms with van der Waals surface area (Å²) in [6, 6.07) is 57.8. The van der Waals surface area contributed by atoms with Crippen molar-refractivity contribution in [3.63, 3.8) is 0 Å². The van der Waals surface area contributed by atoms with E-state index in [1.54, 1.807) is 99.3 Å². The van der Waals surface area contributed by atoms with Gasteiger partial charge in [0.15, 0.2) is 0 Å². The maximum Gasteiger partial charge on any atom is 0.281 e. The molecule has 5 aliphatic rings. The standard InChI is InChI=1S/C30H32FN7O3S.C25H29BrN6O3S.C23H25FN6O2S.C18H13BrClN3O.C11H6BrClN2/c1-36(2)42(39,40)37-12-10-24(11-13-37)35-29-28-26-15-21(22-14-23(31)17-32-16-22)6-9-27(26)38(30(28)34-19-33-29)18-20-4-7-25(41-3)8-5-20;1-30(2)36(33,34)31-12-10-19(11-13-31)29-24-23-21-14-18(26)6-9-22(21)32(25(23)28-16-27-24)15-17-4-7-20(35-3)8-5-17;1-29(2)33(31,32)30-7-5-19(6-8-30)28-23-22-20-10-15(17-9-18(24)13-25-12-17)3-4-16(20)11-21(22)26-14-27-23;1-24-13-5-2-11(3-6-13)9-23-15-7-4-12(19)8-14(15)16-17(20)21-10-22-18(16)23;12-7-2-1-6-3-9-10(8(6)4-7)11(13)15-5-14-9/h4-9,14-17,19,24H,10-13,18H2,1-3H3,(H,33,34,35);4-9,14,16,19H,10-13,15H2,1-3H3,(H,27,28,29);3-4,9-10,12-14,19H,5-8,11H2,1-2H3,(H,26,27,28);2-8,10H,9H2,1H3;1-2,4-5H,3H2. The fourth-order valence-electron chi connectivity index (χ4n) is 19.6. The monoisotopic (exact) mass is 2310 g/mol. The van der Waals surface area contributed by atoms with Crippen LogP contribution >= 0.6 is 71.0 Å². The van der Waals surface area contributed by atoms with E-state index in [2.05, 4.69) is 193 Å². The van der Waals surface area contributed by atoms with Crippen molar-refractivity contribution < 1.29 is 48.2 Å². The molecule has 3 saturated heterocycles. The average molecular weight is 2320 g/mol. The Labute approximate surface area is 901 Å². The van der Waals surface area contributed by atoms with Crippen LogP contribution in [-0.2, 0) is 63.1 Å². The van der Waals surface area contributed by atoms with Crippen LogP contribution in [-0.4, -0.2) is 246 Å². The maximum atomic E-state index is 14.0. The highest BCUT2D eigenvalue weighted by atomic mass is 79.9. The molecule has 0 unspecified atom stereocenters. The van der Waals surface area contributed by atoms with Gasteiger partial charge in [-0.25, -0.2) is 58.6 Å². The zero-order valence-corrected chi connectivity index (χ0v) is 91.8. The lowest BCUT2D eigenvalue weighted by atomic mass is 9.99. The number of hydrogen-bond acceptors (Lipinski definition) is 24. The molecule has 0 amide bonds. The molecule has 18 aromatic rings. The summed E-state index contributed by atoms with van der Waals surface area (Å²) >= 11 is 23.0. The fraction of sp³-hybridized carbons (Fsp3) is 0.271. The van der Waals surface area contributed by atoms with E-state index >= 15 is 0 Å². The molecule has 8 aromatic carbocycles. The number of benzene rings is 8. The molecule has 0 atom stereocenters. The molecule has 23 rings (SSSR count). The summed E-state index contributed by atoms with van der Waals surface area (Å²) in [4.78, 5) is 52.5. The zero-order valence-electron chi connectivity index (χ0n) is 83.1. The normalized spacial score (nSPS) is 14.7. The Balaban J connectivity index is 0.000000121. The predicted molar refractivity (Wildman–Crippen MR) is 594 cm³/mol. The molecular formula is C107H105Br3Cl2F2N24O9S3. The van der Waals surface area contributed by atoms with Crippen molar-refractivity contribution in [1.82, 2.24) is 99.3 Å². The first kappa shape index (κ1) is 106. The SMILES string of the molecule is CN(C)S(=O)(=O)N1CCC(Nc2ncnc3c2-c2cc(-c4cncc(F)c4)ccc2C3)CC1.COc1ccc(Cn2c3ccc(-c4cncc(F)c4)cc3c3c(NC4CCN(S(=O)(=O)N(C)C)CC4)ncnc32)cc1.COc1ccc(Cn2c3ccc(Br)cc3c3c(Cl)ncnc32)cc1.COc1ccc(Cn2c3ccc(Br)cc3c3c(NC4CCN(S(=O)(=O)N(C)C)CC4)ncnc32)cc1.Clc1ncnc2c1-c1cc(Br)ccc1C2. The predicted octanol–water partition coefficient (Wildman–Crippen LogP) is 20.1. The van der Waals surface area contributed by atoms with Crippen LogP contribution in [0.5, 0.6) is 17.2 Å². The Kier molecular flexibility index (Phi) is 31.9. The van der Waals surface area contributed by atoms with Gasteiger partial charge in [0.25, 0.3) is 30.6 Å². The van der Waals surface area contributed by atoms with Crippen LogP contribution < -0.4 is 30.2 Å². The Bertz CT molecular complexity index is 8470. The Hall–Kier alpha value is -12.9. The van der Waals surface area contributed by atoms with Crippen molar-refractivity contribution in [2.75, 3.05) is 119 Å². The molecular weight excluding hydrogens is 2210 g/mol. The summed E-state index contributed by atoms with van der Waals surface area (Å²) in [6.07, 6.45) is 19.0. The Morgan fingerprint density at radius 1 is 0.360 bits per heavy atom. The van der Waals surface area contributed by atoms with E-state index in [9.17, 15) is 34.0 Å². The molecule has 0 bridgehead atoms. The van der Waals surface area contributed by atoms with Crippen LogP contribution in [0.2, 0.25) is 10.3 Å². The lowest BCUT2D eigenvalue weighted by Gasteiger charge is -2.33. The van der Waals surface area contributed by atoms with Crippen molar-refractivity contribution in [1.29, 1.82) is 0 Å². The lowest BCUT2D eigenvalue weighted by molar-refractivity contribution is 0.310. The summed E-state index contributed by atoms with van der Waals surface area (Å²) in [5.41, 5.74) is 20.5. The molecule has 3 aliphatic heterocycles. The van der Waals surface area contributed by atoms with Crippen molar-refractivity contribution in [3.8, 4) is 61.8 Å². The highest BCUT2D eigenvalue weighted by Crippen LogP contribution is 2.46. The molecule has 3 N–H and O–H groups in total. The van der Waals surface area contributed by atoms with Gasteiger partial charge in [0.05, 0.1) is 77.8 Å². The smallest absolute Gasteiger partial charge is 0.281 e. The molecule has 3 fully saturated rings. The quantitative estimate of drug-likeness (QED) is 0.0501. The fourth-order valence-corrected chi connectivity index (χ4v) is 24.5. The van der Waals surface area contributed by atoms with E-state index in [0.29, 0.717) is 131 Å². The number of methoxy groups -OCH3 is 3. The second-order valence-corrected chi connectivity index (χ2v) is 47.1. The topological polar surface area (TPSA) is 355 Å². The van der Waals surface area contributed by atoms with Crippen LogP contribution in [0.3, 0.4) is 0 Å². The van der Waals surface area contributed by atoms with Gasteiger partial charge in [0.2, 0.25) is 0 Å². The minimum absolute atomic E-state index is 0.0345. The summed E-state index contributed by atoms with van der Waals surface area (Å²) in [6.45, 7) is 4.61. The van der Waals surface area contributed by atoms with Crippen molar-refractivity contribution in [2.24, 2.45) is 0 Å². The van der Waals surface area contributed by atoms with Crippen LogP contribution in [0.15, 0.2) is 246 Å². The van der Waals surface area contributed by atoms with Gasteiger partial charge in [-0.2, -0.15) is 51.1 Å². The minimum atomic E-state index is -3.45. The highest BCUT2D eigenvalue weighted by Gasteiger charge is 2.36. The third-order valence-corrected chi connectivity index (χ3v) is 35.2. The van der Waals surface area contributed by atoms with Crippen molar-refractivity contribution in [3.05, 3.63) is 307 Å². The number of halogens is 7. The van der Waals surface area contributed by atoms with Crippen LogP contribution in [0.4, 0.5) is 26.2 Å². The summed E-state index contributed by atoms with van der Waals surface area (Å²) < 4.78 is 136. The number of rotatable bonds is 23. The largest absolute Gasteiger partial charge is 0.497 e. The Morgan fingerprint density at radius 3 is 1.12 bits per heavy atom. The van der Waals surface area contributed by atoms with E-state index in [4.69, 9.17) is 42.4 Å². The second kappa shape index (κ2) is 45.4. The molecule has 0 saturated carbocycles. The number of aromatic nitrogens is 15. The van der Waals surface area contributed by atoms with Crippen molar-refractivity contribution >= 4 is 185 Å². The summed E-state index contributed by atoms with van der Waals surface area (Å²) in [5, 5.41) is 17.5. The lowest BCUT2D eigenvalue weighted by Crippen LogP contribution is -2.46. The van der Waals surface area contributed by atoms with Crippen molar-refractivity contribution in [2.45, 2.75) is 89.1 Å². The molecule has 0 radical (unpaired) electrons. The van der Waals surface area contributed by atoms with Crippen LogP contribution in [0.25, 0.3) is 110 Å². The minimum Gasteiger partial charge on any atom is -0.497 e. The average Bonchev–Trinajstić information content (AvgIpc) is 1.59. The molecule has 774 valence electrons. The third kappa shape index (κ3) is 22.6. The first-order chi connectivity index (χ1) is 72.3. The number of nitrogens with zero attached hydrogens (tertiary/aromatic N) is 21. The number of hydrogen-bond donors (Lipinski definition) is 3. The molecule has 0 spiro atoms. The summed E-state index contributed by atoms with van der Waals surface area (Å²) in [5.74, 6) is 3.88. The number of fused-ring (bicyclic) bond motifs is 15. The van der Waals surface area contributed by atoms with E-state index in [-0.39, 0.29) is 23.9 Å². The number of piperidine rings is 3. The van der Waals surface area contributed by atoms with Gasteiger partial charge in [-0.1, -0.05) is 132 Å². The van der Waals surface area contributed by atoms with E-state index in [1.165, 1.54) is 64.3 Å². The third-order valence-electron chi connectivity index (χ3n) is 27.4. The maximum absolute atomic E-state index is 14.0. The molecule has 13 heterocycles. The number of pyridine rings is 2. The van der Waals surface area contributed by atoms with E-state index in [0.717, 1.165) is 182 Å². The highest BCUT2D eigenvalue weighted by molar-refractivity contribution is 9.11. The van der Waals surface area contributed by atoms with Gasteiger partial charge in [0.1, 0.15) is 105 Å². The number of anilines is 3. The molecule has 2 aliphatic carbocycles. The molecule has 10 aromatic heterocycles. The van der Waals surface area contributed by atoms with Crippen LogP contribution in [0.1, 0.15) is 77.7 Å². The number of nitrogens with one attached hydrogen (secondary N) is 3. The Morgan fingerprint density at radius 2 is 0.693 bits per heavy atom.